The first-order chi connectivity index (χ1) is 9.20. The van der Waals surface area contributed by atoms with Crippen molar-refractivity contribution in [3.8, 4) is 0 Å². The molecule has 0 bridgehead atoms. The molecule has 20 heavy (non-hydrogen) atoms. The first-order valence-corrected chi connectivity index (χ1v) is 6.90. The van der Waals surface area contributed by atoms with Gasteiger partial charge in [0.1, 0.15) is 0 Å². The van der Waals surface area contributed by atoms with Crippen LogP contribution in [0.2, 0.25) is 0 Å². The average molecular weight is 280 g/mol. The molecule has 0 saturated heterocycles. The van der Waals surface area contributed by atoms with Gasteiger partial charge in [0, 0.05) is 28.9 Å². The van der Waals surface area contributed by atoms with Crippen LogP contribution in [0.1, 0.15) is 33.6 Å². The predicted molar refractivity (Wildman–Crippen MR) is 70.3 cm³/mol. The number of esters is 1. The van der Waals surface area contributed by atoms with Gasteiger partial charge in [-0.05, 0) is 20.3 Å². The minimum Gasteiger partial charge on any atom is -0.426 e. The van der Waals surface area contributed by atoms with E-state index in [-0.39, 0.29) is 23.5 Å². The van der Waals surface area contributed by atoms with Crippen molar-refractivity contribution in [1.82, 2.24) is 0 Å². The van der Waals surface area contributed by atoms with Crippen LogP contribution in [-0.2, 0) is 9.53 Å². The summed E-state index contributed by atoms with van der Waals surface area (Å²) in [7, 11) is 0. The van der Waals surface area contributed by atoms with Gasteiger partial charge in [0.2, 0.25) is 5.79 Å². The second kappa shape index (κ2) is 3.93. The van der Waals surface area contributed by atoms with Crippen LogP contribution in [0.25, 0.3) is 0 Å². The highest BCUT2D eigenvalue weighted by atomic mass is 16.7. The van der Waals surface area contributed by atoms with Gasteiger partial charge in [-0.25, -0.2) is 4.79 Å². The fourth-order valence-electron chi connectivity index (χ4n) is 4.21. The Kier molecular flexibility index (Phi) is 2.71. The number of carbonyl (C=O) groups is 1. The molecular formula is C15H20O5. The van der Waals surface area contributed by atoms with Gasteiger partial charge in [0.05, 0.1) is 12.2 Å². The minimum atomic E-state index is -1.79. The van der Waals surface area contributed by atoms with Crippen molar-refractivity contribution in [2.24, 2.45) is 11.3 Å². The Morgan fingerprint density at radius 3 is 2.65 bits per heavy atom. The van der Waals surface area contributed by atoms with E-state index in [0.29, 0.717) is 6.42 Å². The summed E-state index contributed by atoms with van der Waals surface area (Å²) < 4.78 is 5.09. The normalized spacial score (nSPS) is 47.6. The van der Waals surface area contributed by atoms with Gasteiger partial charge in [-0.15, -0.1) is 0 Å². The summed E-state index contributed by atoms with van der Waals surface area (Å²) in [6, 6.07) is 0. The Labute approximate surface area is 117 Å². The molecule has 1 saturated carbocycles. The molecule has 1 heterocycles. The lowest BCUT2D eigenvalue weighted by Crippen LogP contribution is -2.59. The van der Waals surface area contributed by atoms with E-state index in [9.17, 15) is 20.1 Å². The van der Waals surface area contributed by atoms with Gasteiger partial charge >= 0.3 is 5.97 Å². The van der Waals surface area contributed by atoms with Crippen LogP contribution in [0, 0.1) is 11.3 Å². The zero-order valence-corrected chi connectivity index (χ0v) is 11.9. The monoisotopic (exact) mass is 280 g/mol. The molecule has 0 aromatic heterocycles. The SMILES string of the molecule is CC1=CCC(O)C2(C)CC3(O)OC(=O)C(C)=C3C(O)C12. The van der Waals surface area contributed by atoms with Crippen molar-refractivity contribution in [2.45, 2.75) is 51.6 Å². The lowest BCUT2D eigenvalue weighted by Gasteiger charge is -2.53. The Morgan fingerprint density at radius 2 is 2.00 bits per heavy atom. The van der Waals surface area contributed by atoms with E-state index in [4.69, 9.17) is 4.74 Å². The molecule has 5 atom stereocenters. The maximum Gasteiger partial charge on any atom is 0.336 e. The molecule has 0 radical (unpaired) electrons. The smallest absolute Gasteiger partial charge is 0.336 e. The summed E-state index contributed by atoms with van der Waals surface area (Å²) in [5.41, 5.74) is 0.787. The van der Waals surface area contributed by atoms with Crippen LogP contribution in [0.4, 0.5) is 0 Å². The third-order valence-electron chi connectivity index (χ3n) is 5.25. The van der Waals surface area contributed by atoms with E-state index in [1.165, 1.54) is 0 Å². The molecule has 3 aliphatic rings. The zero-order valence-electron chi connectivity index (χ0n) is 11.9. The van der Waals surface area contributed by atoms with E-state index in [0.717, 1.165) is 5.57 Å². The maximum absolute atomic E-state index is 11.7. The van der Waals surface area contributed by atoms with E-state index in [2.05, 4.69) is 0 Å². The molecule has 5 nitrogen and oxygen atoms in total. The van der Waals surface area contributed by atoms with Crippen molar-refractivity contribution in [1.29, 1.82) is 0 Å². The highest BCUT2D eigenvalue weighted by Crippen LogP contribution is 2.57. The number of ether oxygens (including phenoxy) is 1. The van der Waals surface area contributed by atoms with Gasteiger partial charge in [0.25, 0.3) is 0 Å². The van der Waals surface area contributed by atoms with Crippen LogP contribution in [0.15, 0.2) is 22.8 Å². The molecule has 1 fully saturated rings. The number of fused-ring (bicyclic) bond motifs is 2. The predicted octanol–water partition coefficient (Wildman–Crippen LogP) is 0.646. The van der Waals surface area contributed by atoms with Gasteiger partial charge in [-0.3, -0.25) is 0 Å². The van der Waals surface area contributed by atoms with Crippen LogP contribution < -0.4 is 0 Å². The second-order valence-corrected chi connectivity index (χ2v) is 6.52. The molecule has 3 N–H and O–H groups in total. The quantitative estimate of drug-likeness (QED) is 0.448. The fourth-order valence-corrected chi connectivity index (χ4v) is 4.21. The summed E-state index contributed by atoms with van der Waals surface area (Å²) >= 11 is 0. The molecule has 3 rings (SSSR count). The lowest BCUT2D eigenvalue weighted by molar-refractivity contribution is -0.223. The van der Waals surface area contributed by atoms with Gasteiger partial charge in [-0.1, -0.05) is 18.6 Å². The second-order valence-electron chi connectivity index (χ2n) is 6.52. The molecule has 0 aromatic carbocycles. The molecular weight excluding hydrogens is 260 g/mol. The van der Waals surface area contributed by atoms with Crippen LogP contribution >= 0.6 is 0 Å². The lowest BCUT2D eigenvalue weighted by atomic mass is 9.55. The fraction of sp³-hybridized carbons (Fsp3) is 0.667. The molecule has 110 valence electrons. The number of aliphatic hydroxyl groups is 3. The average Bonchev–Trinajstić information content (AvgIpc) is 2.54. The molecule has 0 spiro atoms. The van der Waals surface area contributed by atoms with Crippen LogP contribution in [0.5, 0.6) is 0 Å². The standard InChI is InChI=1S/C15H20O5/c1-7-4-5-9(16)14(3)6-15(19)11(12(17)10(7)14)8(2)13(18)20-15/h4,9-10,12,16-17,19H,5-6H2,1-3H3. The topological polar surface area (TPSA) is 87.0 Å². The summed E-state index contributed by atoms with van der Waals surface area (Å²) in [6.45, 7) is 5.30. The Bertz CT molecular complexity index is 548. The number of aliphatic hydroxyl groups excluding tert-OH is 2. The van der Waals surface area contributed by atoms with Crippen molar-refractivity contribution in [3.05, 3.63) is 22.8 Å². The summed E-state index contributed by atoms with van der Waals surface area (Å²) in [5.74, 6) is -2.70. The Hall–Kier alpha value is -1.17. The van der Waals surface area contributed by atoms with E-state index in [1.807, 2.05) is 19.9 Å². The van der Waals surface area contributed by atoms with Crippen molar-refractivity contribution in [3.63, 3.8) is 0 Å². The van der Waals surface area contributed by atoms with E-state index in [1.54, 1.807) is 6.92 Å². The molecule has 5 heteroatoms. The number of hydrogen-bond acceptors (Lipinski definition) is 5. The van der Waals surface area contributed by atoms with E-state index >= 15 is 0 Å². The molecule has 0 amide bonds. The van der Waals surface area contributed by atoms with Crippen molar-refractivity contribution < 1.29 is 24.9 Å². The van der Waals surface area contributed by atoms with Gasteiger partial charge in [0.15, 0.2) is 0 Å². The Balaban J connectivity index is 2.16. The molecule has 2 aliphatic carbocycles. The molecule has 1 aliphatic heterocycles. The zero-order chi connectivity index (χ0) is 14.9. The highest BCUT2D eigenvalue weighted by Gasteiger charge is 2.63. The van der Waals surface area contributed by atoms with Crippen molar-refractivity contribution >= 4 is 5.97 Å². The van der Waals surface area contributed by atoms with Gasteiger partial charge < -0.3 is 20.1 Å². The van der Waals surface area contributed by atoms with Crippen molar-refractivity contribution in [2.75, 3.05) is 0 Å². The number of carbonyl (C=O) groups excluding carboxylic acids is 1. The number of rotatable bonds is 0. The molecule has 0 aromatic rings. The minimum absolute atomic E-state index is 0.104. The molecule has 5 unspecified atom stereocenters. The van der Waals surface area contributed by atoms with E-state index < -0.39 is 29.4 Å². The summed E-state index contributed by atoms with van der Waals surface area (Å²) in [5, 5.41) is 31.7. The largest absolute Gasteiger partial charge is 0.426 e. The summed E-state index contributed by atoms with van der Waals surface area (Å²) in [6.07, 6.45) is 0.797. The maximum atomic E-state index is 11.7. The first kappa shape index (κ1) is 13.8. The summed E-state index contributed by atoms with van der Waals surface area (Å²) in [4.78, 5) is 11.7. The first-order valence-electron chi connectivity index (χ1n) is 6.90. The Morgan fingerprint density at radius 1 is 1.35 bits per heavy atom. The van der Waals surface area contributed by atoms with Gasteiger partial charge in [-0.2, -0.15) is 0 Å². The van der Waals surface area contributed by atoms with Crippen LogP contribution in [0.3, 0.4) is 0 Å². The van der Waals surface area contributed by atoms with Crippen LogP contribution in [-0.4, -0.2) is 39.3 Å². The highest BCUT2D eigenvalue weighted by molar-refractivity contribution is 5.92. The third-order valence-corrected chi connectivity index (χ3v) is 5.25. The third kappa shape index (κ3) is 1.51. The number of hydrogen-bond donors (Lipinski definition) is 3.